The third-order valence-electron chi connectivity index (χ3n) is 2.21. The van der Waals surface area contributed by atoms with Gasteiger partial charge in [0.25, 0.3) is 0 Å². The van der Waals surface area contributed by atoms with Gasteiger partial charge < -0.3 is 5.73 Å². The minimum absolute atomic E-state index is 0.325. The molecule has 1 unspecified atom stereocenters. The van der Waals surface area contributed by atoms with Crippen LogP contribution in [-0.4, -0.2) is 12.2 Å². The lowest BCUT2D eigenvalue weighted by molar-refractivity contribution is -0.147. The number of nitrogens with two attached hydrogens (primary N) is 1. The molecule has 0 fully saturated rings. The fourth-order valence-electron chi connectivity index (χ4n) is 1.29. The molecule has 1 nitrogen and oxygen atoms in total. The van der Waals surface area contributed by atoms with Crippen molar-refractivity contribution >= 4 is 0 Å². The summed E-state index contributed by atoms with van der Waals surface area (Å²) < 4.78 is 86.2. The van der Waals surface area contributed by atoms with Crippen LogP contribution in [0.4, 0.5) is 30.7 Å². The molecule has 1 rings (SSSR count). The number of rotatable bonds is 2. The summed E-state index contributed by atoms with van der Waals surface area (Å²) in [5, 5.41) is 0. The van der Waals surface area contributed by atoms with Gasteiger partial charge in [-0.1, -0.05) is 6.07 Å². The lowest BCUT2D eigenvalue weighted by Gasteiger charge is -2.16. The first-order valence-corrected chi connectivity index (χ1v) is 4.69. The molecule has 0 aliphatic rings. The van der Waals surface area contributed by atoms with Gasteiger partial charge in [-0.25, -0.2) is 4.39 Å². The van der Waals surface area contributed by atoms with Gasteiger partial charge in [0.15, 0.2) is 0 Å². The van der Waals surface area contributed by atoms with Crippen molar-refractivity contribution in [2.24, 2.45) is 5.73 Å². The van der Waals surface area contributed by atoms with Gasteiger partial charge in [0.05, 0.1) is 5.56 Å². The highest BCUT2D eigenvalue weighted by Crippen LogP contribution is 2.32. The molecule has 0 aromatic heterocycles. The molecule has 0 aliphatic carbocycles. The standard InChI is InChI=1S/C10H8F7N/c11-7-2-1-5(3-6(7)9(12,13)14)4-8(18)10(15,16)17/h1-3,8H,4,18H2. The van der Waals surface area contributed by atoms with Crippen LogP contribution in [0.2, 0.25) is 0 Å². The van der Waals surface area contributed by atoms with Crippen LogP contribution in [0.15, 0.2) is 18.2 Å². The molecule has 18 heavy (non-hydrogen) atoms. The first-order valence-electron chi connectivity index (χ1n) is 4.69. The lowest BCUT2D eigenvalue weighted by Crippen LogP contribution is -2.39. The van der Waals surface area contributed by atoms with Gasteiger partial charge in [-0.15, -0.1) is 0 Å². The summed E-state index contributed by atoms with van der Waals surface area (Å²) in [6.45, 7) is 0. The van der Waals surface area contributed by atoms with Crippen LogP contribution < -0.4 is 5.73 Å². The highest BCUT2D eigenvalue weighted by atomic mass is 19.4. The van der Waals surface area contributed by atoms with Crippen LogP contribution >= 0.6 is 0 Å². The molecule has 0 spiro atoms. The normalized spacial score (nSPS) is 14.7. The van der Waals surface area contributed by atoms with E-state index < -0.39 is 36.2 Å². The van der Waals surface area contributed by atoms with Crippen LogP contribution in [0.5, 0.6) is 0 Å². The highest BCUT2D eigenvalue weighted by molar-refractivity contribution is 5.28. The molecule has 0 bridgehead atoms. The van der Waals surface area contributed by atoms with E-state index in [4.69, 9.17) is 5.73 Å². The zero-order valence-corrected chi connectivity index (χ0v) is 8.74. The van der Waals surface area contributed by atoms with Crippen molar-refractivity contribution < 1.29 is 30.7 Å². The van der Waals surface area contributed by atoms with Gasteiger partial charge >= 0.3 is 12.4 Å². The zero-order chi connectivity index (χ0) is 14.1. The molecule has 1 aromatic carbocycles. The number of benzene rings is 1. The van der Waals surface area contributed by atoms with Crippen molar-refractivity contribution in [1.82, 2.24) is 0 Å². The van der Waals surface area contributed by atoms with Crippen LogP contribution in [0, 0.1) is 5.82 Å². The van der Waals surface area contributed by atoms with Crippen LogP contribution in [0.25, 0.3) is 0 Å². The number of hydrogen-bond acceptors (Lipinski definition) is 1. The Labute approximate surface area is 97.4 Å². The third-order valence-corrected chi connectivity index (χ3v) is 2.21. The van der Waals surface area contributed by atoms with E-state index in [1.807, 2.05) is 0 Å². The van der Waals surface area contributed by atoms with Crippen molar-refractivity contribution in [1.29, 1.82) is 0 Å². The summed E-state index contributed by atoms with van der Waals surface area (Å²) in [5.74, 6) is -1.54. The Kier molecular flexibility index (Phi) is 3.89. The van der Waals surface area contributed by atoms with Gasteiger partial charge in [-0.05, 0) is 24.1 Å². The summed E-state index contributed by atoms with van der Waals surface area (Å²) in [5.41, 5.74) is 2.85. The molecular formula is C10H8F7N. The molecule has 0 aliphatic heterocycles. The molecule has 1 atom stereocenters. The zero-order valence-electron chi connectivity index (χ0n) is 8.74. The van der Waals surface area contributed by atoms with E-state index in [0.29, 0.717) is 12.1 Å². The quantitative estimate of drug-likeness (QED) is 0.823. The largest absolute Gasteiger partial charge is 0.419 e. The Hall–Kier alpha value is -1.31. The van der Waals surface area contributed by atoms with Gasteiger partial charge in [0.1, 0.15) is 11.9 Å². The first kappa shape index (κ1) is 14.7. The third kappa shape index (κ3) is 3.59. The van der Waals surface area contributed by atoms with Crippen LogP contribution in [-0.2, 0) is 12.6 Å². The predicted octanol–water partition coefficient (Wildman–Crippen LogP) is 3.28. The summed E-state index contributed by atoms with van der Waals surface area (Å²) in [6, 6.07) is -0.637. The molecule has 8 heteroatoms. The summed E-state index contributed by atoms with van der Waals surface area (Å²) in [6.07, 6.45) is -10.5. The fourth-order valence-corrected chi connectivity index (χ4v) is 1.29. The van der Waals surface area contributed by atoms with E-state index in [1.54, 1.807) is 0 Å². The van der Waals surface area contributed by atoms with Gasteiger partial charge in [0, 0.05) is 0 Å². The molecule has 2 N–H and O–H groups in total. The van der Waals surface area contributed by atoms with Crippen molar-refractivity contribution in [3.05, 3.63) is 35.1 Å². The molecule has 0 saturated carbocycles. The Morgan fingerprint density at radius 2 is 1.61 bits per heavy atom. The molecule has 0 radical (unpaired) electrons. The van der Waals surface area contributed by atoms with E-state index in [9.17, 15) is 30.7 Å². The van der Waals surface area contributed by atoms with Crippen molar-refractivity contribution in [3.63, 3.8) is 0 Å². The average Bonchev–Trinajstić information content (AvgIpc) is 2.17. The number of hydrogen-bond donors (Lipinski definition) is 1. The maximum Gasteiger partial charge on any atom is 0.419 e. The van der Waals surface area contributed by atoms with Crippen molar-refractivity contribution in [2.45, 2.75) is 24.8 Å². The number of halogens is 7. The van der Waals surface area contributed by atoms with E-state index in [2.05, 4.69) is 0 Å². The average molecular weight is 275 g/mol. The molecule has 102 valence electrons. The molecule has 1 aromatic rings. The predicted molar refractivity (Wildman–Crippen MR) is 49.1 cm³/mol. The van der Waals surface area contributed by atoms with Crippen molar-refractivity contribution in [3.8, 4) is 0 Å². The monoisotopic (exact) mass is 275 g/mol. The minimum Gasteiger partial charge on any atom is -0.320 e. The summed E-state index contributed by atoms with van der Waals surface area (Å²) in [4.78, 5) is 0. The Morgan fingerprint density at radius 3 is 2.06 bits per heavy atom. The van der Waals surface area contributed by atoms with Gasteiger partial charge in [-0.2, -0.15) is 26.3 Å². The smallest absolute Gasteiger partial charge is 0.320 e. The minimum atomic E-state index is -4.96. The summed E-state index contributed by atoms with van der Waals surface area (Å²) in [7, 11) is 0. The van der Waals surface area contributed by atoms with Gasteiger partial charge in [0.2, 0.25) is 0 Å². The van der Waals surface area contributed by atoms with E-state index in [-0.39, 0.29) is 5.56 Å². The fraction of sp³-hybridized carbons (Fsp3) is 0.400. The maximum atomic E-state index is 12.9. The Balaban J connectivity index is 3.00. The van der Waals surface area contributed by atoms with Crippen LogP contribution in [0.1, 0.15) is 11.1 Å². The Bertz CT molecular complexity index is 421. The maximum absolute atomic E-state index is 12.9. The van der Waals surface area contributed by atoms with Crippen molar-refractivity contribution in [2.75, 3.05) is 0 Å². The summed E-state index contributed by atoms with van der Waals surface area (Å²) >= 11 is 0. The SMILES string of the molecule is NC(Cc1ccc(F)c(C(F)(F)F)c1)C(F)(F)F. The second kappa shape index (κ2) is 4.75. The molecule has 0 amide bonds. The second-order valence-electron chi connectivity index (χ2n) is 3.66. The first-order chi connectivity index (χ1) is 8.01. The van der Waals surface area contributed by atoms with Gasteiger partial charge in [-0.3, -0.25) is 0 Å². The molecule has 0 saturated heterocycles. The molecular weight excluding hydrogens is 267 g/mol. The molecule has 0 heterocycles. The number of alkyl halides is 6. The van der Waals surface area contributed by atoms with E-state index >= 15 is 0 Å². The lowest BCUT2D eigenvalue weighted by atomic mass is 10.0. The second-order valence-corrected chi connectivity index (χ2v) is 3.66. The highest BCUT2D eigenvalue weighted by Gasteiger charge is 2.38. The van der Waals surface area contributed by atoms with E-state index in [1.165, 1.54) is 0 Å². The Morgan fingerprint density at radius 1 is 1.06 bits per heavy atom. The van der Waals surface area contributed by atoms with Crippen LogP contribution in [0.3, 0.4) is 0 Å². The van der Waals surface area contributed by atoms with E-state index in [0.717, 1.165) is 6.07 Å². The topological polar surface area (TPSA) is 26.0 Å².